The van der Waals surface area contributed by atoms with Crippen LogP contribution in [0.3, 0.4) is 0 Å². The fourth-order valence-electron chi connectivity index (χ4n) is 4.55. The molecule has 0 bridgehead atoms. The van der Waals surface area contributed by atoms with Crippen molar-refractivity contribution in [1.29, 1.82) is 0 Å². The smallest absolute Gasteiger partial charge is 0.326 e. The minimum Gasteiger partial charge on any atom is -0.480 e. The molecular weight excluding hydrogens is 532 g/mol. The average Bonchev–Trinajstić information content (AvgIpc) is 3.58. The number of fused-ring (bicyclic) bond motifs is 2. The molecule has 0 aliphatic carbocycles. The largest absolute Gasteiger partial charge is 0.480 e. The SMILES string of the molecule is NC(CO)C(=O)NC(CO)C(=O)NC(Cc1c[nH]c2ccccc12)C(=O)NC(Cc1c[nH]c2ccccc12)C(=O)O. The summed E-state index contributed by atoms with van der Waals surface area (Å²) in [6, 6.07) is 9.31. The number of amides is 3. The highest BCUT2D eigenvalue weighted by atomic mass is 16.4. The van der Waals surface area contributed by atoms with E-state index in [0.29, 0.717) is 11.1 Å². The number of hydrogen-bond donors (Lipinski definition) is 9. The van der Waals surface area contributed by atoms with Gasteiger partial charge in [-0.05, 0) is 23.3 Å². The van der Waals surface area contributed by atoms with Gasteiger partial charge in [-0.25, -0.2) is 4.79 Å². The molecule has 4 unspecified atom stereocenters. The first-order chi connectivity index (χ1) is 19.7. The molecule has 2 aromatic heterocycles. The maximum absolute atomic E-state index is 13.5. The summed E-state index contributed by atoms with van der Waals surface area (Å²) in [4.78, 5) is 57.0. The Morgan fingerprint density at radius 3 is 1.66 bits per heavy atom. The number of aromatic amines is 2. The second-order valence-electron chi connectivity index (χ2n) is 9.62. The number of aliphatic hydroxyl groups is 2. The predicted molar refractivity (Wildman–Crippen MR) is 150 cm³/mol. The first kappa shape index (κ1) is 29.3. The summed E-state index contributed by atoms with van der Waals surface area (Å²) in [7, 11) is 0. The first-order valence-corrected chi connectivity index (χ1v) is 12.9. The third-order valence-corrected chi connectivity index (χ3v) is 6.79. The standard InChI is InChI=1S/C28H32N6O7/c29-19(13-35)25(37)34-24(14-36)27(39)32-22(9-15-11-30-20-7-3-1-5-17(15)20)26(38)33-23(28(40)41)10-16-12-31-21-8-4-2-6-18(16)21/h1-8,11-12,19,22-24,30-31,35-36H,9-10,13-14,29H2,(H,32,39)(H,33,38)(H,34,37)(H,40,41). The van der Waals surface area contributed by atoms with E-state index < -0.39 is 61.1 Å². The topological polar surface area (TPSA) is 223 Å². The second-order valence-corrected chi connectivity index (χ2v) is 9.62. The molecule has 0 aliphatic heterocycles. The number of rotatable bonds is 13. The number of benzene rings is 2. The van der Waals surface area contributed by atoms with Crippen LogP contribution in [-0.4, -0.2) is 86.4 Å². The molecule has 4 atom stereocenters. The molecule has 13 heteroatoms. The van der Waals surface area contributed by atoms with E-state index in [2.05, 4.69) is 25.9 Å². The molecule has 2 heterocycles. The van der Waals surface area contributed by atoms with Gasteiger partial charge in [0, 0.05) is 47.0 Å². The van der Waals surface area contributed by atoms with Crippen molar-refractivity contribution in [3.8, 4) is 0 Å². The number of aliphatic hydroxyl groups excluding tert-OH is 2. The van der Waals surface area contributed by atoms with Crippen molar-refractivity contribution >= 4 is 45.5 Å². The van der Waals surface area contributed by atoms with Gasteiger partial charge in [0.05, 0.1) is 13.2 Å². The van der Waals surface area contributed by atoms with Crippen LogP contribution in [0.4, 0.5) is 0 Å². The van der Waals surface area contributed by atoms with Crippen LogP contribution in [0, 0.1) is 0 Å². The van der Waals surface area contributed by atoms with Crippen molar-refractivity contribution in [1.82, 2.24) is 25.9 Å². The van der Waals surface area contributed by atoms with E-state index in [4.69, 9.17) is 10.8 Å². The van der Waals surface area contributed by atoms with E-state index in [1.165, 1.54) is 0 Å². The van der Waals surface area contributed by atoms with E-state index in [0.717, 1.165) is 21.8 Å². The van der Waals surface area contributed by atoms with Gasteiger partial charge in [0.15, 0.2) is 0 Å². The number of nitrogens with one attached hydrogen (secondary N) is 5. The number of carboxylic acid groups (broad SMARTS) is 1. The van der Waals surface area contributed by atoms with Crippen LogP contribution in [-0.2, 0) is 32.0 Å². The van der Waals surface area contributed by atoms with Crippen molar-refractivity contribution in [3.05, 3.63) is 72.1 Å². The molecular formula is C28H32N6O7. The number of carboxylic acids is 1. The summed E-state index contributed by atoms with van der Waals surface area (Å²) < 4.78 is 0. The highest BCUT2D eigenvalue weighted by molar-refractivity contribution is 5.95. The van der Waals surface area contributed by atoms with Gasteiger partial charge in [-0.1, -0.05) is 36.4 Å². The lowest BCUT2D eigenvalue weighted by Crippen LogP contribution is -2.59. The van der Waals surface area contributed by atoms with E-state index in [1.807, 2.05) is 48.5 Å². The normalized spacial score (nSPS) is 14.2. The van der Waals surface area contributed by atoms with Crippen LogP contribution in [0.5, 0.6) is 0 Å². The van der Waals surface area contributed by atoms with Gasteiger partial charge in [0.1, 0.15) is 24.2 Å². The number of carbonyl (C=O) groups excluding carboxylic acids is 3. The molecule has 41 heavy (non-hydrogen) atoms. The van der Waals surface area contributed by atoms with Gasteiger partial charge in [0.25, 0.3) is 0 Å². The van der Waals surface area contributed by atoms with Crippen molar-refractivity contribution in [2.24, 2.45) is 5.73 Å². The third kappa shape index (κ3) is 6.90. The summed E-state index contributed by atoms with van der Waals surface area (Å²) in [6.07, 6.45) is 3.32. The number of carbonyl (C=O) groups is 4. The fourth-order valence-corrected chi connectivity index (χ4v) is 4.55. The molecule has 3 amide bonds. The van der Waals surface area contributed by atoms with Crippen LogP contribution < -0.4 is 21.7 Å². The highest BCUT2D eigenvalue weighted by Crippen LogP contribution is 2.21. The minimum absolute atomic E-state index is 0.0206. The minimum atomic E-state index is -1.47. The highest BCUT2D eigenvalue weighted by Gasteiger charge is 2.31. The Balaban J connectivity index is 1.57. The zero-order chi connectivity index (χ0) is 29.5. The molecule has 216 valence electrons. The summed E-state index contributed by atoms with van der Waals surface area (Å²) in [6.45, 7) is -1.49. The summed E-state index contributed by atoms with van der Waals surface area (Å²) in [5.74, 6) is -3.80. The number of nitrogens with two attached hydrogens (primary N) is 1. The molecule has 0 radical (unpaired) electrons. The van der Waals surface area contributed by atoms with Crippen molar-refractivity contribution < 1.29 is 34.5 Å². The van der Waals surface area contributed by atoms with Gasteiger partial charge < -0.3 is 47.0 Å². The summed E-state index contributed by atoms with van der Waals surface area (Å²) >= 11 is 0. The maximum Gasteiger partial charge on any atom is 0.326 e. The van der Waals surface area contributed by atoms with Crippen LogP contribution in [0.25, 0.3) is 21.8 Å². The molecule has 2 aromatic carbocycles. The average molecular weight is 565 g/mol. The van der Waals surface area contributed by atoms with Gasteiger partial charge in [-0.2, -0.15) is 0 Å². The van der Waals surface area contributed by atoms with Crippen LogP contribution >= 0.6 is 0 Å². The Morgan fingerprint density at radius 1 is 0.683 bits per heavy atom. The lowest BCUT2D eigenvalue weighted by molar-refractivity contribution is -0.142. The van der Waals surface area contributed by atoms with E-state index >= 15 is 0 Å². The number of hydrogen-bond acceptors (Lipinski definition) is 7. The van der Waals surface area contributed by atoms with E-state index in [1.54, 1.807) is 12.4 Å². The molecule has 0 saturated heterocycles. The van der Waals surface area contributed by atoms with Crippen LogP contribution in [0.15, 0.2) is 60.9 Å². The predicted octanol–water partition coefficient (Wildman–Crippen LogP) is -0.715. The van der Waals surface area contributed by atoms with Gasteiger partial charge >= 0.3 is 5.97 Å². The Labute approximate surface area is 234 Å². The summed E-state index contributed by atoms with van der Waals surface area (Å²) in [5, 5.41) is 37.7. The Hall–Kier alpha value is -4.72. The van der Waals surface area contributed by atoms with Gasteiger partial charge in [-0.3, -0.25) is 14.4 Å². The van der Waals surface area contributed by atoms with Gasteiger partial charge in [0.2, 0.25) is 17.7 Å². The zero-order valence-corrected chi connectivity index (χ0v) is 22.0. The van der Waals surface area contributed by atoms with Crippen molar-refractivity contribution in [3.63, 3.8) is 0 Å². The zero-order valence-electron chi connectivity index (χ0n) is 22.0. The molecule has 10 N–H and O–H groups in total. The number of H-pyrrole nitrogens is 2. The molecule has 13 nitrogen and oxygen atoms in total. The number of aromatic nitrogens is 2. The fraction of sp³-hybridized carbons (Fsp3) is 0.286. The van der Waals surface area contributed by atoms with Crippen LogP contribution in [0.1, 0.15) is 11.1 Å². The number of aliphatic carboxylic acids is 1. The Bertz CT molecular complexity index is 1550. The van der Waals surface area contributed by atoms with Crippen LogP contribution in [0.2, 0.25) is 0 Å². The quantitative estimate of drug-likeness (QED) is 0.101. The summed E-state index contributed by atoms with van der Waals surface area (Å²) in [5.41, 5.74) is 8.47. The number of para-hydroxylation sites is 2. The Kier molecular flexibility index (Phi) is 9.34. The monoisotopic (exact) mass is 564 g/mol. The second kappa shape index (κ2) is 13.1. The lowest BCUT2D eigenvalue weighted by Gasteiger charge is -2.24. The maximum atomic E-state index is 13.5. The van der Waals surface area contributed by atoms with E-state index in [-0.39, 0.29) is 12.8 Å². The molecule has 0 spiro atoms. The van der Waals surface area contributed by atoms with E-state index in [9.17, 15) is 29.4 Å². The first-order valence-electron chi connectivity index (χ1n) is 12.9. The van der Waals surface area contributed by atoms with Crippen molar-refractivity contribution in [2.45, 2.75) is 37.0 Å². The lowest BCUT2D eigenvalue weighted by atomic mass is 10.0. The Morgan fingerprint density at radius 2 is 1.15 bits per heavy atom. The molecule has 0 fully saturated rings. The van der Waals surface area contributed by atoms with Gasteiger partial charge in [-0.15, -0.1) is 0 Å². The molecule has 0 aliphatic rings. The molecule has 4 aromatic rings. The van der Waals surface area contributed by atoms with Crippen molar-refractivity contribution in [2.75, 3.05) is 13.2 Å². The third-order valence-electron chi connectivity index (χ3n) is 6.79. The molecule has 0 saturated carbocycles. The molecule has 4 rings (SSSR count).